The van der Waals surface area contributed by atoms with E-state index in [2.05, 4.69) is 34.1 Å². The van der Waals surface area contributed by atoms with Gasteiger partial charge < -0.3 is 5.73 Å². The Morgan fingerprint density at radius 1 is 1.07 bits per heavy atom. The van der Waals surface area contributed by atoms with Gasteiger partial charge in [-0.3, -0.25) is 0 Å². The molecule has 3 rings (SSSR count). The van der Waals surface area contributed by atoms with Gasteiger partial charge in [-0.25, -0.2) is 0 Å². The highest BCUT2D eigenvalue weighted by Crippen LogP contribution is 2.53. The first kappa shape index (κ1) is 19.7. The van der Waals surface area contributed by atoms with Gasteiger partial charge in [0.05, 0.1) is 23.4 Å². The molecule has 0 aromatic heterocycles. The van der Waals surface area contributed by atoms with Crippen LogP contribution in [-0.4, -0.2) is 0 Å². The molecule has 0 fully saturated rings. The van der Waals surface area contributed by atoms with Crippen LogP contribution in [0.5, 0.6) is 0 Å². The van der Waals surface area contributed by atoms with Gasteiger partial charge in [0, 0.05) is 21.0 Å². The van der Waals surface area contributed by atoms with Crippen LogP contribution in [0, 0.1) is 39.4 Å². The first-order valence-corrected chi connectivity index (χ1v) is 9.52. The van der Waals surface area contributed by atoms with Crippen molar-refractivity contribution in [2.75, 3.05) is 0 Å². The Bertz CT molecular complexity index is 1140. The van der Waals surface area contributed by atoms with E-state index in [1.54, 1.807) is 18.2 Å². The molecule has 0 amide bonds. The van der Waals surface area contributed by atoms with Gasteiger partial charge in [0.15, 0.2) is 5.41 Å². The van der Waals surface area contributed by atoms with Gasteiger partial charge >= 0.3 is 0 Å². The van der Waals surface area contributed by atoms with Crippen LogP contribution in [0.25, 0.3) is 5.57 Å². The van der Waals surface area contributed by atoms with Crippen LogP contribution in [0.4, 0.5) is 0 Å². The van der Waals surface area contributed by atoms with Crippen LogP contribution < -0.4 is 5.73 Å². The number of allylic oxidation sites excluding steroid dienone is 4. The monoisotopic (exact) mass is 448 g/mol. The molecule has 0 spiro atoms. The van der Waals surface area contributed by atoms with E-state index < -0.39 is 11.3 Å². The minimum Gasteiger partial charge on any atom is -0.399 e. The molecule has 28 heavy (non-hydrogen) atoms. The van der Waals surface area contributed by atoms with Gasteiger partial charge in [0.2, 0.25) is 0 Å². The van der Waals surface area contributed by atoms with E-state index in [9.17, 15) is 15.8 Å². The maximum atomic E-state index is 9.99. The second kappa shape index (κ2) is 7.53. The van der Waals surface area contributed by atoms with E-state index >= 15 is 0 Å². The summed E-state index contributed by atoms with van der Waals surface area (Å²) in [7, 11) is 0. The Morgan fingerprint density at radius 2 is 1.75 bits per heavy atom. The van der Waals surface area contributed by atoms with E-state index in [-0.39, 0.29) is 11.3 Å². The summed E-state index contributed by atoms with van der Waals surface area (Å²) in [6, 6.07) is 20.8. The van der Waals surface area contributed by atoms with Crippen LogP contribution in [0.15, 0.2) is 69.8 Å². The van der Waals surface area contributed by atoms with Crippen LogP contribution >= 0.6 is 27.5 Å². The highest BCUT2D eigenvalue weighted by molar-refractivity contribution is 9.10. The first-order chi connectivity index (χ1) is 13.4. The Morgan fingerprint density at radius 3 is 2.32 bits per heavy atom. The van der Waals surface area contributed by atoms with Crippen molar-refractivity contribution in [1.29, 1.82) is 15.8 Å². The van der Waals surface area contributed by atoms with Crippen molar-refractivity contribution in [1.82, 2.24) is 0 Å². The summed E-state index contributed by atoms with van der Waals surface area (Å²) in [5, 5.41) is 30.3. The van der Waals surface area contributed by atoms with Crippen molar-refractivity contribution in [3.05, 3.63) is 86.0 Å². The smallest absolute Gasteiger partial charge is 0.194 e. The number of rotatable bonds is 2. The quantitative estimate of drug-likeness (QED) is 0.659. The maximum Gasteiger partial charge on any atom is 0.194 e. The van der Waals surface area contributed by atoms with E-state index in [4.69, 9.17) is 17.3 Å². The van der Waals surface area contributed by atoms with Gasteiger partial charge in [-0.1, -0.05) is 57.4 Å². The Labute approximate surface area is 176 Å². The van der Waals surface area contributed by atoms with Crippen molar-refractivity contribution < 1.29 is 0 Å². The Balaban J connectivity index is 2.42. The summed E-state index contributed by atoms with van der Waals surface area (Å²) in [5.74, 6) is -0.633. The molecule has 6 heteroatoms. The summed E-state index contributed by atoms with van der Waals surface area (Å²) in [6.07, 6.45) is 0. The summed E-state index contributed by atoms with van der Waals surface area (Å²) >= 11 is 9.61. The molecule has 0 heterocycles. The number of nitrogens with zero attached hydrogens (tertiary/aromatic N) is 3. The van der Waals surface area contributed by atoms with Crippen molar-refractivity contribution in [2.45, 2.75) is 12.8 Å². The van der Waals surface area contributed by atoms with Crippen LogP contribution in [-0.2, 0) is 0 Å². The maximum absolute atomic E-state index is 9.99. The summed E-state index contributed by atoms with van der Waals surface area (Å²) < 4.78 is 0.820. The third-order valence-corrected chi connectivity index (χ3v) is 5.69. The summed E-state index contributed by atoms with van der Waals surface area (Å²) in [6.45, 7) is 1.83. The number of hydrogen-bond acceptors (Lipinski definition) is 4. The normalized spacial score (nSPS) is 18.2. The number of nitrogens with two attached hydrogens (primary N) is 1. The number of nitriles is 3. The topological polar surface area (TPSA) is 97.4 Å². The van der Waals surface area contributed by atoms with E-state index in [0.29, 0.717) is 21.7 Å². The molecular formula is C22H14BrClN4. The van der Waals surface area contributed by atoms with Crippen molar-refractivity contribution in [2.24, 2.45) is 11.1 Å². The molecule has 2 N–H and O–H groups in total. The fourth-order valence-electron chi connectivity index (χ4n) is 3.75. The lowest BCUT2D eigenvalue weighted by molar-refractivity contribution is 0.512. The summed E-state index contributed by atoms with van der Waals surface area (Å²) in [5.41, 5.74) is 7.53. The second-order valence-electron chi connectivity index (χ2n) is 6.49. The number of benzene rings is 2. The predicted octanol–water partition coefficient (Wildman–Crippen LogP) is 5.44. The standard InChI is InChI=1S/C22H14BrClN4/c1-13-19(14-4-3-7-17(24)9-14)18(10-25)21(28)22(11-26,12-27)20(13)15-5-2-6-16(23)8-15/h2-9,20H,28H2,1H3. The fraction of sp³-hybridized carbons (Fsp3) is 0.136. The molecule has 0 bridgehead atoms. The molecule has 1 unspecified atom stereocenters. The lowest BCUT2D eigenvalue weighted by Gasteiger charge is -2.37. The molecule has 2 aromatic carbocycles. The molecule has 1 atom stereocenters. The molecule has 1 aliphatic rings. The molecule has 4 nitrogen and oxygen atoms in total. The van der Waals surface area contributed by atoms with Crippen LogP contribution in [0.3, 0.4) is 0 Å². The van der Waals surface area contributed by atoms with Gasteiger partial charge in [0.1, 0.15) is 6.07 Å². The van der Waals surface area contributed by atoms with Gasteiger partial charge in [-0.05, 0) is 42.3 Å². The average molecular weight is 450 g/mol. The average Bonchev–Trinajstić information content (AvgIpc) is 2.68. The van der Waals surface area contributed by atoms with Crippen LogP contribution in [0.2, 0.25) is 5.02 Å². The van der Waals surface area contributed by atoms with Crippen molar-refractivity contribution >= 4 is 33.1 Å². The SMILES string of the molecule is CC1=C(c2cccc(Cl)c2)C(C#N)=C(N)C(C#N)(C#N)C1c1cccc(Br)c1. The molecule has 1 aliphatic carbocycles. The predicted molar refractivity (Wildman–Crippen MR) is 111 cm³/mol. The van der Waals surface area contributed by atoms with Gasteiger partial charge in [-0.2, -0.15) is 15.8 Å². The first-order valence-electron chi connectivity index (χ1n) is 8.35. The van der Waals surface area contributed by atoms with Crippen LogP contribution in [0.1, 0.15) is 24.0 Å². The van der Waals surface area contributed by atoms with E-state index in [0.717, 1.165) is 10.0 Å². The van der Waals surface area contributed by atoms with E-state index in [1.165, 1.54) is 0 Å². The number of hydrogen-bond donors (Lipinski definition) is 1. The highest BCUT2D eigenvalue weighted by atomic mass is 79.9. The highest BCUT2D eigenvalue weighted by Gasteiger charge is 2.50. The summed E-state index contributed by atoms with van der Waals surface area (Å²) in [4.78, 5) is 0. The molecule has 136 valence electrons. The largest absolute Gasteiger partial charge is 0.399 e. The minimum absolute atomic E-state index is 0.0365. The molecule has 0 aliphatic heterocycles. The van der Waals surface area contributed by atoms with Gasteiger partial charge in [-0.15, -0.1) is 0 Å². The zero-order chi connectivity index (χ0) is 20.5. The van der Waals surface area contributed by atoms with Crippen molar-refractivity contribution in [3.8, 4) is 18.2 Å². The molecular weight excluding hydrogens is 436 g/mol. The molecule has 0 radical (unpaired) electrons. The lowest BCUT2D eigenvalue weighted by Crippen LogP contribution is -2.37. The van der Waals surface area contributed by atoms with Crippen molar-refractivity contribution in [3.63, 3.8) is 0 Å². The zero-order valence-electron chi connectivity index (χ0n) is 14.9. The van der Waals surface area contributed by atoms with E-state index in [1.807, 2.05) is 37.3 Å². The van der Waals surface area contributed by atoms with Gasteiger partial charge in [0.25, 0.3) is 0 Å². The Hall–Kier alpha value is -3.04. The molecule has 0 saturated heterocycles. The lowest BCUT2D eigenvalue weighted by atomic mass is 9.62. The number of halogens is 2. The second-order valence-corrected chi connectivity index (χ2v) is 7.84. The molecule has 2 aromatic rings. The third kappa shape index (κ3) is 2.98. The molecule has 0 saturated carbocycles. The minimum atomic E-state index is -1.68. The fourth-order valence-corrected chi connectivity index (χ4v) is 4.35. The zero-order valence-corrected chi connectivity index (χ0v) is 17.2. The Kier molecular flexibility index (Phi) is 5.30. The third-order valence-electron chi connectivity index (χ3n) is 4.96.